The summed E-state index contributed by atoms with van der Waals surface area (Å²) in [6.45, 7) is 4.31. The van der Waals surface area contributed by atoms with Gasteiger partial charge in [-0.25, -0.2) is 4.98 Å². The molecule has 4 heteroatoms. The molecule has 1 unspecified atom stereocenters. The van der Waals surface area contributed by atoms with Gasteiger partial charge in [0.2, 0.25) is 0 Å². The highest BCUT2D eigenvalue weighted by atomic mass is 16.3. The molecule has 1 aromatic heterocycles. The summed E-state index contributed by atoms with van der Waals surface area (Å²) in [7, 11) is 0. The number of carbonyl (C=O) groups is 1. The lowest BCUT2D eigenvalue weighted by molar-refractivity contribution is 0.0902. The topological polar surface area (TPSA) is 62.2 Å². The Morgan fingerprint density at radius 3 is 2.94 bits per heavy atom. The summed E-state index contributed by atoms with van der Waals surface area (Å²) in [6, 6.07) is 3.24. The summed E-state index contributed by atoms with van der Waals surface area (Å²) in [4.78, 5) is 15.9. The molecule has 92 valence electrons. The van der Waals surface area contributed by atoms with Crippen LogP contribution >= 0.6 is 0 Å². The normalized spacial score (nSPS) is 22.4. The second-order valence-corrected chi connectivity index (χ2v) is 5.28. The fourth-order valence-electron chi connectivity index (χ4n) is 2.39. The maximum Gasteiger partial charge on any atom is 0.273 e. The van der Waals surface area contributed by atoms with Crippen LogP contribution in [0.2, 0.25) is 0 Å². The largest absolute Gasteiger partial charge is 0.505 e. The minimum absolute atomic E-state index is 0.0687. The molecule has 1 fully saturated rings. The Kier molecular flexibility index (Phi) is 3.05. The molecule has 0 saturated heterocycles. The van der Waals surface area contributed by atoms with Crippen LogP contribution in [0.4, 0.5) is 0 Å². The lowest BCUT2D eigenvalue weighted by atomic mass is 9.87. The molecule has 2 N–H and O–H groups in total. The van der Waals surface area contributed by atoms with Crippen LogP contribution in [-0.4, -0.2) is 22.0 Å². The number of hydrogen-bond acceptors (Lipinski definition) is 3. The third kappa shape index (κ3) is 2.40. The predicted molar refractivity (Wildman–Crippen MR) is 64.8 cm³/mol. The summed E-state index contributed by atoms with van der Waals surface area (Å²) in [5.74, 6) is -0.358. The SMILES string of the molecule is CC1(C)CCCC1NC(=O)c1ncccc1O. The van der Waals surface area contributed by atoms with E-state index in [1.807, 2.05) is 0 Å². The first-order valence-electron chi connectivity index (χ1n) is 5.95. The zero-order valence-corrected chi connectivity index (χ0v) is 10.2. The van der Waals surface area contributed by atoms with Crippen molar-refractivity contribution < 1.29 is 9.90 Å². The predicted octanol–water partition coefficient (Wildman–Crippen LogP) is 2.10. The summed E-state index contributed by atoms with van der Waals surface area (Å²) in [5.41, 5.74) is 0.232. The first kappa shape index (κ1) is 11.9. The zero-order chi connectivity index (χ0) is 12.5. The molecule has 1 amide bonds. The average Bonchev–Trinajstić information content (AvgIpc) is 2.59. The molecule has 0 aliphatic heterocycles. The average molecular weight is 234 g/mol. The minimum Gasteiger partial charge on any atom is -0.505 e. The van der Waals surface area contributed by atoms with E-state index in [2.05, 4.69) is 24.1 Å². The van der Waals surface area contributed by atoms with Gasteiger partial charge in [-0.1, -0.05) is 20.3 Å². The summed E-state index contributed by atoms with van der Waals surface area (Å²) >= 11 is 0. The van der Waals surface area contributed by atoms with Crippen LogP contribution in [-0.2, 0) is 0 Å². The molecule has 1 aliphatic rings. The van der Waals surface area contributed by atoms with Crippen LogP contribution < -0.4 is 5.32 Å². The van der Waals surface area contributed by atoms with Crippen LogP contribution in [0, 0.1) is 5.41 Å². The monoisotopic (exact) mass is 234 g/mol. The van der Waals surface area contributed by atoms with Crippen LogP contribution in [0.1, 0.15) is 43.6 Å². The van der Waals surface area contributed by atoms with E-state index in [1.54, 1.807) is 6.07 Å². The molecule has 4 nitrogen and oxygen atoms in total. The van der Waals surface area contributed by atoms with Crippen molar-refractivity contribution in [2.45, 2.75) is 39.2 Å². The summed E-state index contributed by atoms with van der Waals surface area (Å²) < 4.78 is 0. The highest BCUT2D eigenvalue weighted by molar-refractivity contribution is 5.94. The number of pyridine rings is 1. The zero-order valence-electron chi connectivity index (χ0n) is 10.2. The van der Waals surface area contributed by atoms with Crippen molar-refractivity contribution in [3.05, 3.63) is 24.0 Å². The number of nitrogens with one attached hydrogen (secondary N) is 1. The van der Waals surface area contributed by atoms with Crippen molar-refractivity contribution in [1.82, 2.24) is 10.3 Å². The van der Waals surface area contributed by atoms with Gasteiger partial charge < -0.3 is 10.4 Å². The highest BCUT2D eigenvalue weighted by Crippen LogP contribution is 2.37. The van der Waals surface area contributed by atoms with Gasteiger partial charge in [-0.15, -0.1) is 0 Å². The fourth-order valence-corrected chi connectivity index (χ4v) is 2.39. The van der Waals surface area contributed by atoms with Crippen molar-refractivity contribution in [3.8, 4) is 5.75 Å². The van der Waals surface area contributed by atoms with Gasteiger partial charge in [-0.05, 0) is 30.4 Å². The molecule has 0 radical (unpaired) electrons. The van der Waals surface area contributed by atoms with Crippen molar-refractivity contribution in [1.29, 1.82) is 0 Å². The lowest BCUT2D eigenvalue weighted by Gasteiger charge is -2.27. The molecule has 0 aromatic carbocycles. The third-order valence-electron chi connectivity index (χ3n) is 3.56. The molecular weight excluding hydrogens is 216 g/mol. The molecule has 1 saturated carbocycles. The number of rotatable bonds is 2. The number of aromatic nitrogens is 1. The van der Waals surface area contributed by atoms with E-state index in [-0.39, 0.29) is 28.8 Å². The molecular formula is C13H18N2O2. The van der Waals surface area contributed by atoms with Gasteiger partial charge in [-0.3, -0.25) is 4.79 Å². The van der Waals surface area contributed by atoms with Crippen molar-refractivity contribution >= 4 is 5.91 Å². The number of carbonyl (C=O) groups excluding carboxylic acids is 1. The van der Waals surface area contributed by atoms with E-state index in [4.69, 9.17) is 0 Å². The van der Waals surface area contributed by atoms with Crippen LogP contribution in [0.25, 0.3) is 0 Å². The van der Waals surface area contributed by atoms with Crippen LogP contribution in [0.15, 0.2) is 18.3 Å². The van der Waals surface area contributed by atoms with Crippen molar-refractivity contribution in [2.75, 3.05) is 0 Å². The number of hydrogen-bond donors (Lipinski definition) is 2. The van der Waals surface area contributed by atoms with Gasteiger partial charge in [0, 0.05) is 12.2 Å². The van der Waals surface area contributed by atoms with E-state index in [0.717, 1.165) is 19.3 Å². The number of nitrogens with zero attached hydrogens (tertiary/aromatic N) is 1. The Labute approximate surface area is 101 Å². The summed E-state index contributed by atoms with van der Waals surface area (Å²) in [5, 5.41) is 12.5. The molecule has 1 aromatic rings. The molecule has 2 rings (SSSR count). The smallest absolute Gasteiger partial charge is 0.273 e. The standard InChI is InChI=1S/C13H18N2O2/c1-13(2)7-3-6-10(13)15-12(17)11-9(16)5-4-8-14-11/h4-5,8,10,16H,3,6-7H2,1-2H3,(H,15,17). The van der Waals surface area contributed by atoms with E-state index in [0.29, 0.717) is 0 Å². The minimum atomic E-state index is -0.289. The Balaban J connectivity index is 2.10. The van der Waals surface area contributed by atoms with Gasteiger partial charge in [0.25, 0.3) is 5.91 Å². The lowest BCUT2D eigenvalue weighted by Crippen LogP contribution is -2.41. The molecule has 1 atom stereocenters. The number of aromatic hydroxyl groups is 1. The summed E-state index contributed by atoms with van der Waals surface area (Å²) in [6.07, 6.45) is 4.75. The van der Waals surface area contributed by atoms with Gasteiger partial charge in [0.15, 0.2) is 5.69 Å². The fraction of sp³-hybridized carbons (Fsp3) is 0.538. The van der Waals surface area contributed by atoms with Crippen molar-refractivity contribution in [3.63, 3.8) is 0 Å². The first-order chi connectivity index (χ1) is 8.00. The second-order valence-electron chi connectivity index (χ2n) is 5.28. The Bertz CT molecular complexity index is 429. The molecule has 0 bridgehead atoms. The van der Waals surface area contributed by atoms with Gasteiger partial charge in [0.05, 0.1) is 0 Å². The molecule has 0 spiro atoms. The molecule has 1 heterocycles. The van der Waals surface area contributed by atoms with E-state index in [9.17, 15) is 9.90 Å². The molecule has 17 heavy (non-hydrogen) atoms. The Hall–Kier alpha value is -1.58. The van der Waals surface area contributed by atoms with E-state index in [1.165, 1.54) is 12.3 Å². The molecule has 1 aliphatic carbocycles. The third-order valence-corrected chi connectivity index (χ3v) is 3.56. The van der Waals surface area contributed by atoms with E-state index >= 15 is 0 Å². The van der Waals surface area contributed by atoms with Gasteiger partial charge in [0.1, 0.15) is 5.75 Å². The Morgan fingerprint density at radius 2 is 2.35 bits per heavy atom. The van der Waals surface area contributed by atoms with Crippen molar-refractivity contribution in [2.24, 2.45) is 5.41 Å². The van der Waals surface area contributed by atoms with Gasteiger partial charge >= 0.3 is 0 Å². The van der Waals surface area contributed by atoms with Crippen LogP contribution in [0.3, 0.4) is 0 Å². The maximum absolute atomic E-state index is 12.0. The van der Waals surface area contributed by atoms with Gasteiger partial charge in [-0.2, -0.15) is 0 Å². The maximum atomic E-state index is 12.0. The second kappa shape index (κ2) is 4.35. The first-order valence-corrected chi connectivity index (χ1v) is 5.95. The van der Waals surface area contributed by atoms with E-state index < -0.39 is 0 Å². The van der Waals surface area contributed by atoms with Crippen LogP contribution in [0.5, 0.6) is 5.75 Å². The number of amides is 1. The quantitative estimate of drug-likeness (QED) is 0.823. The Morgan fingerprint density at radius 1 is 1.59 bits per heavy atom. The highest BCUT2D eigenvalue weighted by Gasteiger charge is 2.35.